The Bertz CT molecular complexity index is 434. The number of non-ortho nitro benzene ring substituents is 1. The fourth-order valence-corrected chi connectivity index (χ4v) is 1.50. The molecule has 6 heteroatoms. The monoisotopic (exact) mass is 252 g/mol. The minimum absolute atomic E-state index is 0.0581. The molecule has 0 unspecified atom stereocenters. The van der Waals surface area contributed by atoms with Crippen LogP contribution in [0.3, 0.4) is 0 Å². The molecule has 0 fully saturated rings. The standard InChI is InChI=1S/C12H16N2O4/c1-3-11(18-4-2)12(15)13-9-6-5-7-10(8-9)14(16)17/h5-8,11H,3-4H2,1-2H3,(H,13,15)/t11-/m1/s1. The van der Waals surface area contributed by atoms with Gasteiger partial charge in [-0.3, -0.25) is 14.9 Å². The highest BCUT2D eigenvalue weighted by atomic mass is 16.6. The first kappa shape index (κ1) is 14.1. The highest BCUT2D eigenvalue weighted by molar-refractivity contribution is 5.94. The maximum absolute atomic E-state index is 11.8. The molecular formula is C12H16N2O4. The molecule has 0 aromatic heterocycles. The second-order valence-corrected chi connectivity index (χ2v) is 3.65. The Hall–Kier alpha value is -1.95. The van der Waals surface area contributed by atoms with Crippen LogP contribution in [0.4, 0.5) is 11.4 Å². The topological polar surface area (TPSA) is 81.5 Å². The molecule has 1 aromatic carbocycles. The largest absolute Gasteiger partial charge is 0.369 e. The Balaban J connectivity index is 2.74. The lowest BCUT2D eigenvalue weighted by molar-refractivity contribution is -0.384. The molecule has 0 aliphatic heterocycles. The van der Waals surface area contributed by atoms with E-state index in [1.807, 2.05) is 13.8 Å². The van der Waals surface area contributed by atoms with Crippen LogP contribution < -0.4 is 5.32 Å². The molecule has 0 spiro atoms. The summed E-state index contributed by atoms with van der Waals surface area (Å²) < 4.78 is 5.26. The fourth-order valence-electron chi connectivity index (χ4n) is 1.50. The zero-order valence-corrected chi connectivity index (χ0v) is 10.4. The second kappa shape index (κ2) is 6.70. The molecular weight excluding hydrogens is 236 g/mol. The number of benzene rings is 1. The zero-order chi connectivity index (χ0) is 13.5. The van der Waals surface area contributed by atoms with Crippen molar-refractivity contribution in [2.45, 2.75) is 26.4 Å². The number of nitro benzene ring substituents is 1. The van der Waals surface area contributed by atoms with E-state index in [1.54, 1.807) is 6.07 Å². The van der Waals surface area contributed by atoms with Crippen LogP contribution in [0.15, 0.2) is 24.3 Å². The Morgan fingerprint density at radius 3 is 2.78 bits per heavy atom. The summed E-state index contributed by atoms with van der Waals surface area (Å²) in [5.74, 6) is -0.292. The first-order chi connectivity index (χ1) is 8.58. The van der Waals surface area contributed by atoms with Gasteiger partial charge in [0.15, 0.2) is 0 Å². The number of ether oxygens (including phenoxy) is 1. The van der Waals surface area contributed by atoms with Gasteiger partial charge in [0.1, 0.15) is 6.10 Å². The summed E-state index contributed by atoms with van der Waals surface area (Å²) in [6.07, 6.45) is 0.0171. The van der Waals surface area contributed by atoms with E-state index in [0.717, 1.165) is 0 Å². The van der Waals surface area contributed by atoms with Gasteiger partial charge < -0.3 is 10.1 Å². The Morgan fingerprint density at radius 2 is 2.22 bits per heavy atom. The maximum atomic E-state index is 11.8. The molecule has 0 aliphatic carbocycles. The number of nitrogens with zero attached hydrogens (tertiary/aromatic N) is 1. The maximum Gasteiger partial charge on any atom is 0.271 e. The molecule has 1 amide bonds. The highest BCUT2D eigenvalue weighted by Crippen LogP contribution is 2.17. The van der Waals surface area contributed by atoms with E-state index in [2.05, 4.69) is 5.32 Å². The van der Waals surface area contributed by atoms with Crippen molar-refractivity contribution in [2.24, 2.45) is 0 Å². The van der Waals surface area contributed by atoms with Crippen LogP contribution in [0.5, 0.6) is 0 Å². The van der Waals surface area contributed by atoms with Crippen molar-refractivity contribution in [1.82, 2.24) is 0 Å². The van der Waals surface area contributed by atoms with Crippen molar-refractivity contribution in [3.05, 3.63) is 34.4 Å². The van der Waals surface area contributed by atoms with Crippen LogP contribution >= 0.6 is 0 Å². The van der Waals surface area contributed by atoms with Crippen molar-refractivity contribution in [1.29, 1.82) is 0 Å². The summed E-state index contributed by atoms with van der Waals surface area (Å²) in [5, 5.41) is 13.2. The number of rotatable bonds is 6. The molecule has 1 N–H and O–H groups in total. The van der Waals surface area contributed by atoms with Gasteiger partial charge in [-0.05, 0) is 19.4 Å². The minimum atomic E-state index is -0.533. The molecule has 0 bridgehead atoms. The molecule has 0 saturated heterocycles. The van der Waals surface area contributed by atoms with E-state index in [0.29, 0.717) is 18.7 Å². The third-order valence-corrected chi connectivity index (χ3v) is 2.36. The number of nitrogens with one attached hydrogen (secondary N) is 1. The van der Waals surface area contributed by atoms with Gasteiger partial charge in [-0.2, -0.15) is 0 Å². The van der Waals surface area contributed by atoms with Gasteiger partial charge >= 0.3 is 0 Å². The molecule has 6 nitrogen and oxygen atoms in total. The first-order valence-electron chi connectivity index (χ1n) is 5.75. The first-order valence-corrected chi connectivity index (χ1v) is 5.75. The average Bonchev–Trinajstić information content (AvgIpc) is 2.36. The number of hydrogen-bond acceptors (Lipinski definition) is 4. The number of anilines is 1. The third kappa shape index (κ3) is 3.81. The number of amides is 1. The number of carbonyl (C=O) groups excluding carboxylic acids is 1. The van der Waals surface area contributed by atoms with E-state index in [9.17, 15) is 14.9 Å². The zero-order valence-electron chi connectivity index (χ0n) is 10.4. The van der Waals surface area contributed by atoms with Gasteiger partial charge in [0.05, 0.1) is 4.92 Å². The van der Waals surface area contributed by atoms with Crippen LogP contribution in [0, 0.1) is 10.1 Å². The Kier molecular flexibility index (Phi) is 5.26. The molecule has 1 aromatic rings. The van der Waals surface area contributed by atoms with E-state index in [1.165, 1.54) is 18.2 Å². The quantitative estimate of drug-likeness (QED) is 0.622. The van der Waals surface area contributed by atoms with E-state index < -0.39 is 11.0 Å². The number of hydrogen-bond donors (Lipinski definition) is 1. The van der Waals surface area contributed by atoms with Crippen molar-refractivity contribution in [2.75, 3.05) is 11.9 Å². The lowest BCUT2D eigenvalue weighted by Gasteiger charge is -2.14. The molecule has 1 atom stereocenters. The average molecular weight is 252 g/mol. The van der Waals surface area contributed by atoms with Gasteiger partial charge in [0.25, 0.3) is 11.6 Å². The second-order valence-electron chi connectivity index (χ2n) is 3.65. The molecule has 0 saturated carbocycles. The van der Waals surface area contributed by atoms with Gasteiger partial charge in [0, 0.05) is 24.4 Å². The molecule has 98 valence electrons. The lowest BCUT2D eigenvalue weighted by atomic mass is 10.2. The Labute approximate surface area is 105 Å². The van der Waals surface area contributed by atoms with E-state index in [4.69, 9.17) is 4.74 Å². The van der Waals surface area contributed by atoms with Crippen molar-refractivity contribution in [3.63, 3.8) is 0 Å². The van der Waals surface area contributed by atoms with Crippen LogP contribution in [0.2, 0.25) is 0 Å². The lowest BCUT2D eigenvalue weighted by Crippen LogP contribution is -2.29. The Morgan fingerprint density at radius 1 is 1.50 bits per heavy atom. The van der Waals surface area contributed by atoms with Gasteiger partial charge in [-0.15, -0.1) is 0 Å². The van der Waals surface area contributed by atoms with Crippen molar-refractivity contribution < 1.29 is 14.5 Å². The predicted molar refractivity (Wildman–Crippen MR) is 67.4 cm³/mol. The summed E-state index contributed by atoms with van der Waals surface area (Å²) >= 11 is 0. The minimum Gasteiger partial charge on any atom is -0.369 e. The van der Waals surface area contributed by atoms with Crippen LogP contribution in [-0.4, -0.2) is 23.5 Å². The van der Waals surface area contributed by atoms with Gasteiger partial charge in [-0.1, -0.05) is 13.0 Å². The van der Waals surface area contributed by atoms with Crippen LogP contribution in [0.25, 0.3) is 0 Å². The van der Waals surface area contributed by atoms with Crippen molar-refractivity contribution in [3.8, 4) is 0 Å². The smallest absolute Gasteiger partial charge is 0.271 e. The van der Waals surface area contributed by atoms with E-state index >= 15 is 0 Å². The van der Waals surface area contributed by atoms with E-state index in [-0.39, 0.29) is 11.6 Å². The molecule has 0 aliphatic rings. The number of carbonyl (C=O) groups is 1. The molecule has 0 radical (unpaired) electrons. The summed E-state index contributed by atoms with van der Waals surface area (Å²) in [6, 6.07) is 5.81. The summed E-state index contributed by atoms with van der Waals surface area (Å²) in [6.45, 7) is 4.09. The number of nitro groups is 1. The molecule has 0 heterocycles. The fraction of sp³-hybridized carbons (Fsp3) is 0.417. The van der Waals surface area contributed by atoms with Crippen LogP contribution in [0.1, 0.15) is 20.3 Å². The summed E-state index contributed by atoms with van der Waals surface area (Å²) in [4.78, 5) is 21.9. The highest BCUT2D eigenvalue weighted by Gasteiger charge is 2.17. The molecule has 1 rings (SSSR count). The molecule has 18 heavy (non-hydrogen) atoms. The van der Waals surface area contributed by atoms with Gasteiger partial charge in [-0.25, -0.2) is 0 Å². The predicted octanol–water partition coefficient (Wildman–Crippen LogP) is 2.35. The van der Waals surface area contributed by atoms with Gasteiger partial charge in [0.2, 0.25) is 0 Å². The normalized spacial score (nSPS) is 11.9. The summed E-state index contributed by atoms with van der Waals surface area (Å²) in [5.41, 5.74) is 0.338. The third-order valence-electron chi connectivity index (χ3n) is 2.36. The van der Waals surface area contributed by atoms with Crippen LogP contribution in [-0.2, 0) is 9.53 Å². The summed E-state index contributed by atoms with van der Waals surface area (Å²) in [7, 11) is 0. The van der Waals surface area contributed by atoms with Crippen molar-refractivity contribution >= 4 is 17.3 Å². The SMILES string of the molecule is CCO[C@H](CC)C(=O)Nc1cccc([N+](=O)[O-])c1.